The lowest BCUT2D eigenvalue weighted by atomic mass is 10.3. The van der Waals surface area contributed by atoms with Gasteiger partial charge >= 0.3 is 5.97 Å². The summed E-state index contributed by atoms with van der Waals surface area (Å²) < 4.78 is 34.0. The maximum Gasteiger partial charge on any atom is 0.306 e. The Hall–Kier alpha value is -2.47. The van der Waals surface area contributed by atoms with Crippen molar-refractivity contribution in [3.63, 3.8) is 0 Å². The van der Waals surface area contributed by atoms with Gasteiger partial charge in [-0.1, -0.05) is 30.0 Å². The van der Waals surface area contributed by atoms with E-state index in [9.17, 15) is 18.0 Å². The van der Waals surface area contributed by atoms with E-state index in [1.54, 1.807) is 35.2 Å². The SMILES string of the molecule is O=C(COC(=O)CCCSc1nc2ccccc2s1)Nc1cccc(S(=O)(=O)N2CCCC2)c1. The Kier molecular flexibility index (Phi) is 8.19. The fraction of sp³-hybridized carbons (Fsp3) is 0.348. The number of nitrogens with one attached hydrogen (secondary N) is 1. The van der Waals surface area contributed by atoms with Gasteiger partial charge in [-0.25, -0.2) is 13.4 Å². The third kappa shape index (κ3) is 6.35. The normalized spacial score (nSPS) is 14.4. The van der Waals surface area contributed by atoms with Gasteiger partial charge in [0.25, 0.3) is 5.91 Å². The molecule has 2 heterocycles. The molecule has 1 N–H and O–H groups in total. The second kappa shape index (κ2) is 11.3. The van der Waals surface area contributed by atoms with Crippen molar-refractivity contribution in [3.05, 3.63) is 48.5 Å². The number of carbonyl (C=O) groups excluding carboxylic acids is 2. The first kappa shape index (κ1) is 24.6. The smallest absolute Gasteiger partial charge is 0.306 e. The molecule has 1 amide bonds. The highest BCUT2D eigenvalue weighted by Gasteiger charge is 2.27. The number of anilines is 1. The summed E-state index contributed by atoms with van der Waals surface area (Å²) in [6, 6.07) is 14.0. The highest BCUT2D eigenvalue weighted by atomic mass is 32.2. The van der Waals surface area contributed by atoms with E-state index < -0.39 is 28.5 Å². The van der Waals surface area contributed by atoms with Crippen LogP contribution in [0.3, 0.4) is 0 Å². The summed E-state index contributed by atoms with van der Waals surface area (Å²) in [5.74, 6) is -0.252. The number of nitrogens with zero attached hydrogens (tertiary/aromatic N) is 2. The van der Waals surface area contributed by atoms with E-state index in [2.05, 4.69) is 10.3 Å². The molecule has 11 heteroatoms. The molecule has 8 nitrogen and oxygen atoms in total. The standard InChI is InChI=1S/C23H25N3O5S3/c27-21(24-17-7-5-8-18(15-17)34(29,30)26-12-3-4-13-26)16-31-22(28)11-6-14-32-23-25-19-9-1-2-10-20(19)33-23/h1-2,5,7-10,15H,3-4,6,11-14,16H2,(H,24,27). The molecule has 34 heavy (non-hydrogen) atoms. The number of benzene rings is 2. The van der Waals surface area contributed by atoms with Gasteiger partial charge in [0, 0.05) is 31.0 Å². The average Bonchev–Trinajstić information content (AvgIpc) is 3.51. The van der Waals surface area contributed by atoms with Crippen molar-refractivity contribution >= 4 is 60.9 Å². The molecule has 0 saturated carbocycles. The Bertz CT molecular complexity index is 1240. The summed E-state index contributed by atoms with van der Waals surface area (Å²) in [7, 11) is -3.57. The average molecular weight is 520 g/mol. The lowest BCUT2D eigenvalue weighted by Gasteiger charge is -2.16. The number of hydrogen-bond donors (Lipinski definition) is 1. The van der Waals surface area contributed by atoms with Crippen LogP contribution >= 0.6 is 23.1 Å². The van der Waals surface area contributed by atoms with Crippen LogP contribution in [-0.4, -0.2) is 55.0 Å². The van der Waals surface area contributed by atoms with Crippen LogP contribution in [0.25, 0.3) is 10.2 Å². The lowest BCUT2D eigenvalue weighted by Crippen LogP contribution is -2.28. The number of esters is 1. The monoisotopic (exact) mass is 519 g/mol. The number of sulfonamides is 1. The van der Waals surface area contributed by atoms with Crippen LogP contribution in [0.5, 0.6) is 0 Å². The van der Waals surface area contributed by atoms with Crippen LogP contribution in [0.2, 0.25) is 0 Å². The molecule has 180 valence electrons. The quantitative estimate of drug-likeness (QED) is 0.244. The number of ether oxygens (including phenoxy) is 1. The largest absolute Gasteiger partial charge is 0.456 e. The van der Waals surface area contributed by atoms with Gasteiger partial charge < -0.3 is 10.1 Å². The summed E-state index contributed by atoms with van der Waals surface area (Å²) in [6.45, 7) is 0.592. The molecule has 0 unspecified atom stereocenters. The van der Waals surface area contributed by atoms with Gasteiger partial charge in [0.1, 0.15) is 0 Å². The maximum absolute atomic E-state index is 12.7. The third-order valence-corrected chi connectivity index (χ3v) is 9.37. The predicted octanol–water partition coefficient (Wildman–Crippen LogP) is 4.14. The molecule has 1 aromatic heterocycles. The van der Waals surface area contributed by atoms with Gasteiger partial charge in [0.2, 0.25) is 10.0 Å². The van der Waals surface area contributed by atoms with E-state index >= 15 is 0 Å². The minimum absolute atomic E-state index is 0.134. The minimum Gasteiger partial charge on any atom is -0.456 e. The summed E-state index contributed by atoms with van der Waals surface area (Å²) >= 11 is 3.22. The van der Waals surface area contributed by atoms with Crippen LogP contribution < -0.4 is 5.32 Å². The Morgan fingerprint density at radius 1 is 1.12 bits per heavy atom. The van der Waals surface area contributed by atoms with E-state index in [4.69, 9.17) is 4.74 Å². The molecule has 1 aliphatic heterocycles. The minimum atomic E-state index is -3.57. The van der Waals surface area contributed by atoms with Gasteiger partial charge in [-0.3, -0.25) is 9.59 Å². The van der Waals surface area contributed by atoms with Crippen LogP contribution in [0.1, 0.15) is 25.7 Å². The van der Waals surface area contributed by atoms with Crippen LogP contribution in [0.4, 0.5) is 5.69 Å². The van der Waals surface area contributed by atoms with E-state index in [0.717, 1.165) is 33.2 Å². The first-order chi connectivity index (χ1) is 16.4. The summed E-state index contributed by atoms with van der Waals surface area (Å²) in [6.07, 6.45) is 2.51. The number of rotatable bonds is 10. The zero-order valence-electron chi connectivity index (χ0n) is 18.4. The lowest BCUT2D eigenvalue weighted by molar-refractivity contribution is -0.147. The van der Waals surface area contributed by atoms with Crippen LogP contribution in [-0.2, 0) is 24.3 Å². The van der Waals surface area contributed by atoms with Crippen molar-refractivity contribution < 1.29 is 22.7 Å². The summed E-state index contributed by atoms with van der Waals surface area (Å²) in [5, 5.41) is 2.59. The molecule has 4 rings (SSSR count). The number of thiazole rings is 1. The van der Waals surface area contributed by atoms with Crippen molar-refractivity contribution in [2.45, 2.75) is 34.9 Å². The molecule has 0 atom stereocenters. The van der Waals surface area contributed by atoms with Gasteiger partial charge in [-0.2, -0.15) is 4.31 Å². The molecule has 1 aliphatic rings. The van der Waals surface area contributed by atoms with Gasteiger partial charge in [0.05, 0.1) is 15.1 Å². The number of aromatic nitrogens is 1. The number of carbonyl (C=O) groups is 2. The van der Waals surface area contributed by atoms with Gasteiger partial charge in [0.15, 0.2) is 10.9 Å². The van der Waals surface area contributed by atoms with E-state index in [1.807, 2.05) is 24.3 Å². The van der Waals surface area contributed by atoms with Crippen LogP contribution in [0, 0.1) is 0 Å². The maximum atomic E-state index is 12.7. The Balaban J connectivity index is 1.18. The predicted molar refractivity (Wildman–Crippen MR) is 134 cm³/mol. The number of fused-ring (bicyclic) bond motifs is 1. The topological polar surface area (TPSA) is 106 Å². The molecule has 0 bridgehead atoms. The van der Waals surface area contributed by atoms with E-state index in [0.29, 0.717) is 25.2 Å². The van der Waals surface area contributed by atoms with Gasteiger partial charge in [-0.15, -0.1) is 11.3 Å². The van der Waals surface area contributed by atoms with Crippen molar-refractivity contribution in [2.24, 2.45) is 0 Å². The molecular formula is C23H25N3O5S3. The fourth-order valence-electron chi connectivity index (χ4n) is 3.52. The van der Waals surface area contributed by atoms with E-state index in [-0.39, 0.29) is 11.3 Å². The Labute approximate surface area is 206 Å². The highest BCUT2D eigenvalue weighted by molar-refractivity contribution is 8.01. The summed E-state index contributed by atoms with van der Waals surface area (Å²) in [5.41, 5.74) is 1.31. The molecular weight excluding hydrogens is 494 g/mol. The van der Waals surface area contributed by atoms with E-state index in [1.165, 1.54) is 16.4 Å². The molecule has 3 aromatic rings. The second-order valence-corrected chi connectivity index (χ2v) is 12.1. The van der Waals surface area contributed by atoms with Crippen LogP contribution in [0.15, 0.2) is 57.8 Å². The number of thioether (sulfide) groups is 1. The molecule has 1 saturated heterocycles. The number of para-hydroxylation sites is 1. The highest BCUT2D eigenvalue weighted by Crippen LogP contribution is 2.29. The number of hydrogen-bond acceptors (Lipinski definition) is 8. The molecule has 0 radical (unpaired) electrons. The van der Waals surface area contributed by atoms with Crippen molar-refractivity contribution in [1.82, 2.24) is 9.29 Å². The number of amides is 1. The van der Waals surface area contributed by atoms with Crippen molar-refractivity contribution in [3.8, 4) is 0 Å². The summed E-state index contributed by atoms with van der Waals surface area (Å²) in [4.78, 5) is 28.8. The van der Waals surface area contributed by atoms with Crippen molar-refractivity contribution in [2.75, 3.05) is 30.8 Å². The Morgan fingerprint density at radius 3 is 2.71 bits per heavy atom. The zero-order valence-corrected chi connectivity index (χ0v) is 20.9. The third-order valence-electron chi connectivity index (χ3n) is 5.21. The van der Waals surface area contributed by atoms with Gasteiger partial charge in [-0.05, 0) is 49.6 Å². The molecule has 2 aromatic carbocycles. The molecule has 1 fully saturated rings. The first-order valence-corrected chi connectivity index (χ1v) is 14.2. The second-order valence-electron chi connectivity index (χ2n) is 7.75. The first-order valence-electron chi connectivity index (χ1n) is 11.0. The molecule has 0 spiro atoms. The van der Waals surface area contributed by atoms with Crippen molar-refractivity contribution in [1.29, 1.82) is 0 Å². The fourth-order valence-corrected chi connectivity index (χ4v) is 7.16. The molecule has 0 aliphatic carbocycles. The zero-order chi connectivity index (χ0) is 24.0. The Morgan fingerprint density at radius 2 is 1.91 bits per heavy atom.